The number of hydrogen-bond acceptors (Lipinski definition) is 2. The van der Waals surface area contributed by atoms with Gasteiger partial charge in [0.25, 0.3) is 0 Å². The quantitative estimate of drug-likeness (QED) is 0.708. The van der Waals surface area contributed by atoms with Crippen molar-refractivity contribution in [2.24, 2.45) is 0 Å². The van der Waals surface area contributed by atoms with Crippen LogP contribution in [-0.2, 0) is 6.42 Å². The fourth-order valence-corrected chi connectivity index (χ4v) is 1.23. The summed E-state index contributed by atoms with van der Waals surface area (Å²) in [6.45, 7) is 2.49. The van der Waals surface area contributed by atoms with Crippen LogP contribution in [0.15, 0.2) is 24.3 Å². The Kier molecular flexibility index (Phi) is 3.65. The lowest BCUT2D eigenvalue weighted by molar-refractivity contribution is 0.0993. The summed E-state index contributed by atoms with van der Waals surface area (Å²) in [6, 6.07) is 7.79. The van der Waals surface area contributed by atoms with Crippen molar-refractivity contribution in [1.29, 1.82) is 0 Å². The molecule has 0 atom stereocenters. The van der Waals surface area contributed by atoms with Gasteiger partial charge in [0, 0.05) is 5.56 Å². The second-order valence-corrected chi connectivity index (χ2v) is 3.01. The summed E-state index contributed by atoms with van der Waals surface area (Å²) >= 11 is 0. The van der Waals surface area contributed by atoms with E-state index in [0.29, 0.717) is 6.54 Å². The molecule has 13 heavy (non-hydrogen) atoms. The van der Waals surface area contributed by atoms with E-state index in [-0.39, 0.29) is 5.78 Å². The predicted octanol–water partition coefficient (Wildman–Crippen LogP) is 1.65. The molecule has 0 heterocycles. The molecule has 70 valence electrons. The normalized spacial score (nSPS) is 10.0. The molecule has 2 nitrogen and oxygen atoms in total. The minimum atomic E-state index is 0.151. The van der Waals surface area contributed by atoms with Crippen molar-refractivity contribution < 1.29 is 4.79 Å². The summed E-state index contributed by atoms with van der Waals surface area (Å²) in [5.74, 6) is 0.151. The summed E-state index contributed by atoms with van der Waals surface area (Å²) in [5.41, 5.74) is 2.01. The van der Waals surface area contributed by atoms with Gasteiger partial charge in [-0.15, -0.1) is 0 Å². The maximum Gasteiger partial charge on any atom is 0.176 e. The topological polar surface area (TPSA) is 29.1 Å². The second kappa shape index (κ2) is 4.77. The first-order chi connectivity index (χ1) is 6.27. The van der Waals surface area contributed by atoms with Crippen molar-refractivity contribution in [3.8, 4) is 0 Å². The zero-order chi connectivity index (χ0) is 9.68. The maximum absolute atomic E-state index is 11.5. The SMILES string of the molecule is CCc1cccc(C(=O)CNC)c1. The van der Waals surface area contributed by atoms with Crippen molar-refractivity contribution in [2.75, 3.05) is 13.6 Å². The number of likely N-dealkylation sites (N-methyl/N-ethyl adjacent to an activating group) is 1. The Hall–Kier alpha value is -1.15. The first kappa shape index (κ1) is 9.93. The number of carbonyl (C=O) groups excluding carboxylic acids is 1. The number of carbonyl (C=O) groups is 1. The van der Waals surface area contributed by atoms with E-state index in [0.717, 1.165) is 12.0 Å². The van der Waals surface area contributed by atoms with E-state index in [2.05, 4.69) is 12.2 Å². The molecule has 0 fully saturated rings. The van der Waals surface area contributed by atoms with E-state index in [9.17, 15) is 4.79 Å². The number of nitrogens with one attached hydrogen (secondary N) is 1. The molecule has 1 rings (SSSR count). The van der Waals surface area contributed by atoms with Crippen molar-refractivity contribution in [3.05, 3.63) is 35.4 Å². The molecule has 0 radical (unpaired) electrons. The van der Waals surface area contributed by atoms with Crippen LogP contribution in [-0.4, -0.2) is 19.4 Å². The molecule has 1 N–H and O–H groups in total. The lowest BCUT2D eigenvalue weighted by Gasteiger charge is -2.01. The van der Waals surface area contributed by atoms with E-state index >= 15 is 0 Å². The first-order valence-electron chi connectivity index (χ1n) is 4.54. The predicted molar refractivity (Wildman–Crippen MR) is 54.1 cm³/mol. The lowest BCUT2D eigenvalue weighted by Crippen LogP contribution is -2.18. The van der Waals surface area contributed by atoms with Gasteiger partial charge in [-0.05, 0) is 25.1 Å². The minimum absolute atomic E-state index is 0.151. The molecule has 0 aliphatic carbocycles. The van der Waals surface area contributed by atoms with Gasteiger partial charge in [0.2, 0.25) is 0 Å². The van der Waals surface area contributed by atoms with E-state index in [1.165, 1.54) is 5.56 Å². The second-order valence-electron chi connectivity index (χ2n) is 3.01. The monoisotopic (exact) mass is 177 g/mol. The molecular formula is C11H15NO. The fourth-order valence-electron chi connectivity index (χ4n) is 1.23. The third kappa shape index (κ3) is 2.67. The number of hydrogen-bond donors (Lipinski definition) is 1. The van der Waals surface area contributed by atoms with Crippen LogP contribution in [0, 0.1) is 0 Å². The molecular weight excluding hydrogens is 162 g/mol. The Morgan fingerprint density at radius 2 is 2.23 bits per heavy atom. The largest absolute Gasteiger partial charge is 0.313 e. The molecule has 0 spiro atoms. The summed E-state index contributed by atoms with van der Waals surface area (Å²) in [6.07, 6.45) is 0.973. The summed E-state index contributed by atoms with van der Waals surface area (Å²) in [5, 5.41) is 2.85. The van der Waals surface area contributed by atoms with Gasteiger partial charge >= 0.3 is 0 Å². The van der Waals surface area contributed by atoms with Gasteiger partial charge in [0.05, 0.1) is 6.54 Å². The zero-order valence-corrected chi connectivity index (χ0v) is 8.13. The smallest absolute Gasteiger partial charge is 0.176 e. The Bertz CT molecular complexity index is 294. The fraction of sp³-hybridized carbons (Fsp3) is 0.364. The number of Topliss-reactive ketones (excluding diaryl/α,β-unsaturated/α-hetero) is 1. The van der Waals surface area contributed by atoms with Gasteiger partial charge in [-0.1, -0.05) is 25.1 Å². The number of ketones is 1. The maximum atomic E-state index is 11.5. The van der Waals surface area contributed by atoms with Crippen LogP contribution in [0.1, 0.15) is 22.8 Å². The van der Waals surface area contributed by atoms with Crippen LogP contribution >= 0.6 is 0 Å². The third-order valence-corrected chi connectivity index (χ3v) is 1.99. The highest BCUT2D eigenvalue weighted by Crippen LogP contribution is 2.06. The van der Waals surface area contributed by atoms with Crippen molar-refractivity contribution in [2.45, 2.75) is 13.3 Å². The van der Waals surface area contributed by atoms with Crippen molar-refractivity contribution in [1.82, 2.24) is 5.32 Å². The van der Waals surface area contributed by atoms with Gasteiger partial charge < -0.3 is 5.32 Å². The van der Waals surface area contributed by atoms with Gasteiger partial charge in [0.15, 0.2) is 5.78 Å². The Morgan fingerprint density at radius 1 is 1.46 bits per heavy atom. The van der Waals surface area contributed by atoms with E-state index in [4.69, 9.17) is 0 Å². The molecule has 0 aliphatic heterocycles. The number of rotatable bonds is 4. The highest BCUT2D eigenvalue weighted by Gasteiger charge is 2.03. The van der Waals surface area contributed by atoms with Gasteiger partial charge in [-0.25, -0.2) is 0 Å². The average molecular weight is 177 g/mol. The van der Waals surface area contributed by atoms with Crippen LogP contribution in [0.5, 0.6) is 0 Å². The summed E-state index contributed by atoms with van der Waals surface area (Å²) in [4.78, 5) is 11.5. The summed E-state index contributed by atoms with van der Waals surface area (Å²) < 4.78 is 0. The molecule has 0 saturated heterocycles. The van der Waals surface area contributed by atoms with E-state index in [1.54, 1.807) is 7.05 Å². The molecule has 1 aromatic carbocycles. The highest BCUT2D eigenvalue weighted by atomic mass is 16.1. The van der Waals surface area contributed by atoms with Gasteiger partial charge in [-0.3, -0.25) is 4.79 Å². The molecule has 1 aromatic rings. The highest BCUT2D eigenvalue weighted by molar-refractivity contribution is 5.97. The van der Waals surface area contributed by atoms with E-state index in [1.807, 2.05) is 24.3 Å². The minimum Gasteiger partial charge on any atom is -0.313 e. The van der Waals surface area contributed by atoms with Crippen LogP contribution < -0.4 is 5.32 Å². The van der Waals surface area contributed by atoms with Crippen molar-refractivity contribution >= 4 is 5.78 Å². The molecule has 0 unspecified atom stereocenters. The third-order valence-electron chi connectivity index (χ3n) is 1.99. The zero-order valence-electron chi connectivity index (χ0n) is 8.13. The molecule has 0 bridgehead atoms. The molecule has 0 aliphatic rings. The van der Waals surface area contributed by atoms with Crippen LogP contribution in [0.3, 0.4) is 0 Å². The van der Waals surface area contributed by atoms with Crippen LogP contribution in [0.4, 0.5) is 0 Å². The van der Waals surface area contributed by atoms with E-state index < -0.39 is 0 Å². The number of aryl methyl sites for hydroxylation is 1. The molecule has 0 saturated carbocycles. The summed E-state index contributed by atoms with van der Waals surface area (Å²) in [7, 11) is 1.78. The Labute approximate surface area is 79.0 Å². The number of benzene rings is 1. The molecule has 2 heteroatoms. The molecule has 0 amide bonds. The van der Waals surface area contributed by atoms with Gasteiger partial charge in [-0.2, -0.15) is 0 Å². The first-order valence-corrected chi connectivity index (χ1v) is 4.54. The van der Waals surface area contributed by atoms with Crippen LogP contribution in [0.2, 0.25) is 0 Å². The Morgan fingerprint density at radius 3 is 2.85 bits per heavy atom. The standard InChI is InChI=1S/C11H15NO/c1-3-9-5-4-6-10(7-9)11(13)8-12-2/h4-7,12H,3,8H2,1-2H3. The lowest BCUT2D eigenvalue weighted by atomic mass is 10.1. The van der Waals surface area contributed by atoms with Crippen LogP contribution in [0.25, 0.3) is 0 Å². The molecule has 0 aromatic heterocycles. The van der Waals surface area contributed by atoms with Crippen molar-refractivity contribution in [3.63, 3.8) is 0 Å². The average Bonchev–Trinajstić information content (AvgIpc) is 2.18. The Balaban J connectivity index is 2.82. The van der Waals surface area contributed by atoms with Gasteiger partial charge in [0.1, 0.15) is 0 Å².